The molecule has 1 rings (SSSR count). The standard InChI is InChI=1S/C19H20F3NO3S/c1-14(24)26-12-6-5-9-18(27-19(20,21)22)16(13-23)10-11-17(25)15-7-3-2-4-8-15/h2-4,7-8H,5-6,9-12H2,1H3/b18-16+. The lowest BCUT2D eigenvalue weighted by molar-refractivity contribution is -0.141. The number of ether oxygens (including phenoxy) is 1. The van der Waals surface area contributed by atoms with E-state index in [4.69, 9.17) is 4.74 Å². The van der Waals surface area contributed by atoms with Crippen LogP contribution in [0.4, 0.5) is 13.2 Å². The van der Waals surface area contributed by atoms with Gasteiger partial charge in [0.1, 0.15) is 0 Å². The third-order valence-electron chi connectivity index (χ3n) is 3.51. The molecule has 1 aromatic carbocycles. The lowest BCUT2D eigenvalue weighted by atomic mass is 10.0. The van der Waals surface area contributed by atoms with Crippen molar-refractivity contribution in [2.45, 2.75) is 44.5 Å². The van der Waals surface area contributed by atoms with Gasteiger partial charge in [0.25, 0.3) is 0 Å². The number of nitrogens with zero attached hydrogens (tertiary/aromatic N) is 1. The van der Waals surface area contributed by atoms with Crippen LogP contribution in [0.1, 0.15) is 49.4 Å². The fraction of sp³-hybridized carbons (Fsp3) is 0.421. The SMILES string of the molecule is CC(=O)OCCCC/C(SC(F)(F)F)=C(\C#N)CCC(=O)c1ccccc1. The van der Waals surface area contributed by atoms with Crippen molar-refractivity contribution in [1.29, 1.82) is 5.26 Å². The van der Waals surface area contributed by atoms with Gasteiger partial charge in [0.15, 0.2) is 5.78 Å². The molecular weight excluding hydrogens is 379 g/mol. The predicted octanol–water partition coefficient (Wildman–Crippen LogP) is 5.41. The highest BCUT2D eigenvalue weighted by atomic mass is 32.2. The van der Waals surface area contributed by atoms with Crippen LogP contribution in [0.25, 0.3) is 0 Å². The minimum absolute atomic E-state index is 0.0332. The van der Waals surface area contributed by atoms with Gasteiger partial charge in [-0.1, -0.05) is 30.3 Å². The van der Waals surface area contributed by atoms with E-state index in [0.717, 1.165) is 0 Å². The number of halogens is 3. The molecule has 27 heavy (non-hydrogen) atoms. The zero-order valence-corrected chi connectivity index (χ0v) is 15.7. The Hall–Kier alpha value is -2.27. The number of carbonyl (C=O) groups is 2. The van der Waals surface area contributed by atoms with Crippen LogP contribution in [0, 0.1) is 11.3 Å². The highest BCUT2D eigenvalue weighted by Gasteiger charge is 2.31. The molecule has 0 aliphatic carbocycles. The quantitative estimate of drug-likeness (QED) is 0.228. The summed E-state index contributed by atoms with van der Waals surface area (Å²) in [6.45, 7) is 1.37. The van der Waals surface area contributed by atoms with Gasteiger partial charge in [-0.25, -0.2) is 0 Å². The van der Waals surface area contributed by atoms with Gasteiger partial charge in [-0.3, -0.25) is 9.59 Å². The van der Waals surface area contributed by atoms with Crippen LogP contribution in [0.15, 0.2) is 40.8 Å². The van der Waals surface area contributed by atoms with E-state index in [1.165, 1.54) is 6.92 Å². The number of carbonyl (C=O) groups excluding carboxylic acids is 2. The summed E-state index contributed by atoms with van der Waals surface area (Å²) in [6, 6.07) is 10.2. The van der Waals surface area contributed by atoms with Gasteiger partial charge in [-0.2, -0.15) is 18.4 Å². The number of rotatable bonds is 10. The summed E-state index contributed by atoms with van der Waals surface area (Å²) >= 11 is -0.316. The molecule has 146 valence electrons. The lowest BCUT2D eigenvalue weighted by Gasteiger charge is -2.12. The van der Waals surface area contributed by atoms with Crippen LogP contribution in [-0.4, -0.2) is 23.9 Å². The summed E-state index contributed by atoms with van der Waals surface area (Å²) < 4.78 is 43.2. The average Bonchev–Trinajstić information content (AvgIpc) is 2.60. The fourth-order valence-electron chi connectivity index (χ4n) is 2.27. The molecule has 0 spiro atoms. The Labute approximate surface area is 160 Å². The molecular formula is C19H20F3NO3S. The predicted molar refractivity (Wildman–Crippen MR) is 96.8 cm³/mol. The van der Waals surface area contributed by atoms with E-state index in [-0.39, 0.29) is 53.9 Å². The Morgan fingerprint density at radius 2 is 1.78 bits per heavy atom. The number of thioether (sulfide) groups is 1. The Morgan fingerprint density at radius 1 is 1.11 bits per heavy atom. The highest BCUT2D eigenvalue weighted by molar-refractivity contribution is 8.03. The van der Waals surface area contributed by atoms with Gasteiger partial charge in [0.2, 0.25) is 0 Å². The van der Waals surface area contributed by atoms with Crippen LogP contribution < -0.4 is 0 Å². The van der Waals surface area contributed by atoms with Crippen molar-refractivity contribution < 1.29 is 27.5 Å². The number of alkyl halides is 3. The van der Waals surface area contributed by atoms with Crippen LogP contribution in [0.5, 0.6) is 0 Å². The fourth-order valence-corrected chi connectivity index (χ4v) is 3.07. The molecule has 0 aromatic heterocycles. The van der Waals surface area contributed by atoms with Crippen molar-refractivity contribution in [2.75, 3.05) is 6.61 Å². The first-order valence-electron chi connectivity index (χ1n) is 8.32. The molecule has 0 aliphatic rings. The summed E-state index contributed by atoms with van der Waals surface area (Å²) in [7, 11) is 0. The second-order valence-corrected chi connectivity index (χ2v) is 6.81. The smallest absolute Gasteiger partial charge is 0.446 e. The maximum Gasteiger partial charge on any atom is 0.446 e. The first-order chi connectivity index (χ1) is 12.7. The maximum atomic E-state index is 12.8. The van der Waals surface area contributed by atoms with E-state index in [1.807, 2.05) is 6.07 Å². The molecule has 0 aliphatic heterocycles. The largest absolute Gasteiger partial charge is 0.466 e. The Morgan fingerprint density at radius 3 is 2.33 bits per heavy atom. The molecule has 8 heteroatoms. The molecule has 0 heterocycles. The van der Waals surface area contributed by atoms with E-state index >= 15 is 0 Å². The first kappa shape index (κ1) is 22.8. The zero-order chi connectivity index (χ0) is 20.3. The van der Waals surface area contributed by atoms with Gasteiger partial charge in [0, 0.05) is 29.4 Å². The molecule has 0 amide bonds. The molecule has 0 bridgehead atoms. The van der Waals surface area contributed by atoms with Gasteiger partial charge < -0.3 is 4.74 Å². The number of hydrogen-bond acceptors (Lipinski definition) is 5. The van der Waals surface area contributed by atoms with E-state index in [2.05, 4.69) is 0 Å². The van der Waals surface area contributed by atoms with Crippen molar-refractivity contribution in [3.63, 3.8) is 0 Å². The summed E-state index contributed by atoms with van der Waals surface area (Å²) in [5.41, 5.74) is -4.09. The van der Waals surface area contributed by atoms with E-state index < -0.39 is 11.5 Å². The normalized spacial score (nSPS) is 12.1. The number of allylic oxidation sites excluding steroid dienone is 2. The Bertz CT molecular complexity index is 709. The molecule has 4 nitrogen and oxygen atoms in total. The average molecular weight is 399 g/mol. The maximum absolute atomic E-state index is 12.8. The van der Waals surface area contributed by atoms with Gasteiger partial charge in [-0.15, -0.1) is 0 Å². The summed E-state index contributed by atoms with van der Waals surface area (Å²) in [5, 5.41) is 9.28. The molecule has 0 fully saturated rings. The summed E-state index contributed by atoms with van der Waals surface area (Å²) in [6.07, 6.45) is 0.676. The van der Waals surface area contributed by atoms with Crippen LogP contribution in [0.3, 0.4) is 0 Å². The topological polar surface area (TPSA) is 67.2 Å². The third-order valence-corrected chi connectivity index (χ3v) is 4.44. The number of benzene rings is 1. The molecule has 0 unspecified atom stereocenters. The van der Waals surface area contributed by atoms with Crippen LogP contribution in [0.2, 0.25) is 0 Å². The number of unbranched alkanes of at least 4 members (excludes halogenated alkanes) is 1. The highest BCUT2D eigenvalue weighted by Crippen LogP contribution is 2.40. The zero-order valence-electron chi connectivity index (χ0n) is 14.8. The van der Waals surface area contributed by atoms with E-state index in [0.29, 0.717) is 18.4 Å². The van der Waals surface area contributed by atoms with Gasteiger partial charge in [-0.05, 0) is 37.4 Å². The second kappa shape index (κ2) is 11.4. The molecule has 0 radical (unpaired) electrons. The summed E-state index contributed by atoms with van der Waals surface area (Å²) in [4.78, 5) is 22.7. The van der Waals surface area contributed by atoms with Crippen molar-refractivity contribution in [2.24, 2.45) is 0 Å². The molecule has 0 N–H and O–H groups in total. The van der Waals surface area contributed by atoms with Gasteiger partial charge in [0.05, 0.1) is 12.7 Å². The number of esters is 1. The van der Waals surface area contributed by atoms with Crippen LogP contribution >= 0.6 is 11.8 Å². The van der Waals surface area contributed by atoms with Gasteiger partial charge >= 0.3 is 11.5 Å². The Kier molecular flexibility index (Phi) is 9.65. The van der Waals surface area contributed by atoms with E-state index in [1.54, 1.807) is 30.3 Å². The second-order valence-electron chi connectivity index (χ2n) is 5.65. The molecule has 1 aromatic rings. The number of nitriles is 1. The number of Topliss-reactive ketones (excluding diaryl/α,β-unsaturated/α-hetero) is 1. The van der Waals surface area contributed by atoms with Crippen molar-refractivity contribution in [3.05, 3.63) is 46.4 Å². The number of hydrogen-bond donors (Lipinski definition) is 0. The molecule has 0 atom stereocenters. The van der Waals surface area contributed by atoms with Crippen LogP contribution in [-0.2, 0) is 9.53 Å². The molecule has 0 saturated carbocycles. The minimum atomic E-state index is -4.52. The number of ketones is 1. The van der Waals surface area contributed by atoms with Crippen molar-refractivity contribution >= 4 is 23.5 Å². The minimum Gasteiger partial charge on any atom is -0.466 e. The van der Waals surface area contributed by atoms with Crippen molar-refractivity contribution in [3.8, 4) is 6.07 Å². The third kappa shape index (κ3) is 9.85. The first-order valence-corrected chi connectivity index (χ1v) is 9.14. The lowest BCUT2D eigenvalue weighted by Crippen LogP contribution is -2.05. The monoisotopic (exact) mass is 399 g/mol. The molecule has 0 saturated heterocycles. The Balaban J connectivity index is 2.76. The summed E-state index contributed by atoms with van der Waals surface area (Å²) in [5.74, 6) is -0.679. The van der Waals surface area contributed by atoms with Crippen molar-refractivity contribution in [1.82, 2.24) is 0 Å². The van der Waals surface area contributed by atoms with E-state index in [9.17, 15) is 28.0 Å².